The van der Waals surface area contributed by atoms with E-state index in [2.05, 4.69) is 35.9 Å². The maximum absolute atomic E-state index is 12.5. The van der Waals surface area contributed by atoms with Gasteiger partial charge in [-0.2, -0.15) is 0 Å². The van der Waals surface area contributed by atoms with Crippen LogP contribution in [0.3, 0.4) is 0 Å². The molecule has 21 heavy (non-hydrogen) atoms. The van der Waals surface area contributed by atoms with Crippen LogP contribution in [0.25, 0.3) is 10.9 Å². The van der Waals surface area contributed by atoms with Crippen LogP contribution in [0.4, 0.5) is 0 Å². The van der Waals surface area contributed by atoms with Crippen molar-refractivity contribution in [3.8, 4) is 0 Å². The third-order valence-corrected chi connectivity index (χ3v) is 4.07. The average Bonchev–Trinajstić information content (AvgIpc) is 2.80. The Labute approximate surface area is 127 Å². The summed E-state index contributed by atoms with van der Waals surface area (Å²) in [5, 5.41) is 4.25. The van der Waals surface area contributed by atoms with Crippen LogP contribution in [-0.4, -0.2) is 17.0 Å². The van der Waals surface area contributed by atoms with Gasteiger partial charge in [0.1, 0.15) is 5.69 Å². The summed E-state index contributed by atoms with van der Waals surface area (Å²) >= 11 is 0. The summed E-state index contributed by atoms with van der Waals surface area (Å²) in [7, 11) is 0. The highest BCUT2D eigenvalue weighted by Crippen LogP contribution is 2.25. The Morgan fingerprint density at radius 3 is 2.62 bits per heavy atom. The van der Waals surface area contributed by atoms with Crippen LogP contribution < -0.4 is 5.32 Å². The number of hydrogen-bond donors (Lipinski definition) is 1. The normalized spacial score (nSPS) is 11.0. The van der Waals surface area contributed by atoms with E-state index >= 15 is 0 Å². The minimum atomic E-state index is 0.0575. The molecular weight excluding hydrogens is 260 g/mol. The Morgan fingerprint density at radius 2 is 1.90 bits per heavy atom. The van der Waals surface area contributed by atoms with Crippen LogP contribution in [0.15, 0.2) is 24.3 Å². The van der Waals surface area contributed by atoms with Crippen LogP contribution in [0.2, 0.25) is 0 Å². The fraction of sp³-hybridized carbons (Fsp3) is 0.500. The number of hydrogen-bond acceptors (Lipinski definition) is 1. The van der Waals surface area contributed by atoms with E-state index in [1.54, 1.807) is 0 Å². The van der Waals surface area contributed by atoms with E-state index in [0.29, 0.717) is 0 Å². The van der Waals surface area contributed by atoms with Crippen molar-refractivity contribution < 1.29 is 4.79 Å². The fourth-order valence-corrected chi connectivity index (χ4v) is 2.94. The van der Waals surface area contributed by atoms with Crippen LogP contribution in [0.5, 0.6) is 0 Å². The van der Waals surface area contributed by atoms with Gasteiger partial charge in [0.05, 0.1) is 0 Å². The number of aryl methyl sites for hydroxylation is 2. The van der Waals surface area contributed by atoms with Crippen molar-refractivity contribution in [1.82, 2.24) is 9.88 Å². The van der Waals surface area contributed by atoms with Crippen molar-refractivity contribution in [3.63, 3.8) is 0 Å². The van der Waals surface area contributed by atoms with Crippen molar-refractivity contribution in [2.24, 2.45) is 0 Å². The number of nitrogens with zero attached hydrogens (tertiary/aromatic N) is 1. The fourth-order valence-electron chi connectivity index (χ4n) is 2.94. The van der Waals surface area contributed by atoms with E-state index in [4.69, 9.17) is 0 Å². The van der Waals surface area contributed by atoms with Crippen LogP contribution in [0, 0.1) is 6.92 Å². The van der Waals surface area contributed by atoms with Gasteiger partial charge in [-0.1, -0.05) is 44.4 Å². The zero-order chi connectivity index (χ0) is 15.2. The van der Waals surface area contributed by atoms with Gasteiger partial charge in [-0.15, -0.1) is 0 Å². The molecule has 3 nitrogen and oxygen atoms in total. The van der Waals surface area contributed by atoms with Crippen LogP contribution in [-0.2, 0) is 6.54 Å². The minimum Gasteiger partial charge on any atom is -0.351 e. The van der Waals surface area contributed by atoms with Crippen LogP contribution in [0.1, 0.15) is 55.6 Å². The number of nitrogens with one attached hydrogen (secondary N) is 1. The molecule has 0 spiro atoms. The number of carbonyl (C=O) groups is 1. The van der Waals surface area contributed by atoms with E-state index in [1.807, 2.05) is 19.1 Å². The van der Waals surface area contributed by atoms with Crippen molar-refractivity contribution in [3.05, 3.63) is 35.5 Å². The number of amides is 1. The first-order valence-corrected chi connectivity index (χ1v) is 8.06. The smallest absolute Gasteiger partial charge is 0.268 e. The maximum Gasteiger partial charge on any atom is 0.268 e. The second-order valence-electron chi connectivity index (χ2n) is 5.55. The molecule has 0 saturated heterocycles. The molecule has 0 unspecified atom stereocenters. The standard InChI is InChI=1S/C18H26N2O/c1-4-6-7-10-13-19-18(21)17-14(3)15-11-8-9-12-16(15)20(17)5-2/h8-9,11-12H,4-7,10,13H2,1-3H3,(H,19,21). The minimum absolute atomic E-state index is 0.0575. The quantitative estimate of drug-likeness (QED) is 0.757. The Kier molecular flexibility index (Phi) is 5.43. The molecule has 1 N–H and O–H groups in total. The van der Waals surface area contributed by atoms with E-state index in [1.165, 1.54) is 24.6 Å². The summed E-state index contributed by atoms with van der Waals surface area (Å²) in [4.78, 5) is 12.5. The summed E-state index contributed by atoms with van der Waals surface area (Å²) in [6.45, 7) is 7.91. The first-order valence-electron chi connectivity index (χ1n) is 8.06. The zero-order valence-electron chi connectivity index (χ0n) is 13.4. The van der Waals surface area contributed by atoms with E-state index in [9.17, 15) is 4.79 Å². The molecule has 1 amide bonds. The van der Waals surface area contributed by atoms with Gasteiger partial charge in [-0.3, -0.25) is 4.79 Å². The van der Waals surface area contributed by atoms with Gasteiger partial charge in [0.25, 0.3) is 5.91 Å². The highest BCUT2D eigenvalue weighted by atomic mass is 16.1. The number of rotatable bonds is 7. The molecule has 0 aliphatic carbocycles. The van der Waals surface area contributed by atoms with E-state index in [0.717, 1.165) is 36.3 Å². The summed E-state index contributed by atoms with van der Waals surface area (Å²) in [6.07, 6.45) is 4.71. The summed E-state index contributed by atoms with van der Waals surface area (Å²) < 4.78 is 2.12. The molecule has 0 atom stereocenters. The number of unbranched alkanes of at least 4 members (excludes halogenated alkanes) is 3. The first-order chi connectivity index (χ1) is 10.2. The lowest BCUT2D eigenvalue weighted by Crippen LogP contribution is -2.27. The number of fused-ring (bicyclic) bond motifs is 1. The molecular formula is C18H26N2O. The largest absolute Gasteiger partial charge is 0.351 e. The van der Waals surface area contributed by atoms with Gasteiger partial charge >= 0.3 is 0 Å². The summed E-state index contributed by atoms with van der Waals surface area (Å²) in [5.41, 5.74) is 3.04. The molecule has 0 radical (unpaired) electrons. The molecule has 0 aliphatic rings. The molecule has 0 bridgehead atoms. The molecule has 1 aromatic carbocycles. The Morgan fingerprint density at radius 1 is 1.14 bits per heavy atom. The maximum atomic E-state index is 12.5. The van der Waals surface area contributed by atoms with Gasteiger partial charge in [-0.25, -0.2) is 0 Å². The first kappa shape index (κ1) is 15.6. The van der Waals surface area contributed by atoms with Gasteiger partial charge < -0.3 is 9.88 Å². The van der Waals surface area contributed by atoms with Crippen molar-refractivity contribution in [2.75, 3.05) is 6.54 Å². The van der Waals surface area contributed by atoms with Crippen LogP contribution >= 0.6 is 0 Å². The SMILES string of the molecule is CCCCCCNC(=O)c1c(C)c2ccccc2n1CC. The molecule has 0 fully saturated rings. The lowest BCUT2D eigenvalue weighted by molar-refractivity contribution is 0.0943. The van der Waals surface area contributed by atoms with E-state index in [-0.39, 0.29) is 5.91 Å². The predicted octanol–water partition coefficient (Wildman–Crippen LogP) is 4.28. The Hall–Kier alpha value is -1.77. The molecule has 2 rings (SSSR count). The van der Waals surface area contributed by atoms with E-state index < -0.39 is 0 Å². The molecule has 0 aliphatic heterocycles. The molecule has 0 saturated carbocycles. The Bertz CT molecular complexity index is 613. The number of benzene rings is 1. The Balaban J connectivity index is 2.17. The second-order valence-corrected chi connectivity index (χ2v) is 5.55. The van der Waals surface area contributed by atoms with Gasteiger partial charge in [-0.05, 0) is 31.9 Å². The molecule has 1 aromatic heterocycles. The monoisotopic (exact) mass is 286 g/mol. The zero-order valence-corrected chi connectivity index (χ0v) is 13.4. The van der Waals surface area contributed by atoms with Crippen molar-refractivity contribution >= 4 is 16.8 Å². The molecule has 2 aromatic rings. The lowest BCUT2D eigenvalue weighted by atomic mass is 10.1. The summed E-state index contributed by atoms with van der Waals surface area (Å²) in [5.74, 6) is 0.0575. The molecule has 3 heteroatoms. The van der Waals surface area contributed by atoms with Gasteiger partial charge in [0.15, 0.2) is 0 Å². The van der Waals surface area contributed by atoms with Crippen molar-refractivity contribution in [1.29, 1.82) is 0 Å². The highest BCUT2D eigenvalue weighted by molar-refractivity contribution is 6.01. The average molecular weight is 286 g/mol. The topological polar surface area (TPSA) is 34.0 Å². The second kappa shape index (κ2) is 7.30. The van der Waals surface area contributed by atoms with Gasteiger partial charge in [0, 0.05) is 24.0 Å². The third-order valence-electron chi connectivity index (χ3n) is 4.07. The molecule has 114 valence electrons. The van der Waals surface area contributed by atoms with Gasteiger partial charge in [0.2, 0.25) is 0 Å². The highest BCUT2D eigenvalue weighted by Gasteiger charge is 2.18. The lowest BCUT2D eigenvalue weighted by Gasteiger charge is -2.09. The summed E-state index contributed by atoms with van der Waals surface area (Å²) in [6, 6.07) is 8.24. The number of aromatic nitrogens is 1. The number of carbonyl (C=O) groups excluding carboxylic acids is 1. The predicted molar refractivity (Wildman–Crippen MR) is 88.8 cm³/mol. The van der Waals surface area contributed by atoms with Crippen molar-refractivity contribution in [2.45, 2.75) is 53.0 Å². The molecule has 1 heterocycles. The third kappa shape index (κ3) is 3.29. The number of para-hydroxylation sites is 1.